The summed E-state index contributed by atoms with van der Waals surface area (Å²) in [7, 11) is 2.00. The van der Waals surface area contributed by atoms with Gasteiger partial charge in [0.2, 0.25) is 0 Å². The Morgan fingerprint density at radius 1 is 1.14 bits per heavy atom. The van der Waals surface area contributed by atoms with E-state index in [0.717, 1.165) is 44.6 Å². The van der Waals surface area contributed by atoms with Gasteiger partial charge in [-0.2, -0.15) is 0 Å². The molecule has 1 amide bonds. The highest BCUT2D eigenvalue weighted by atomic mass is 32.2. The molecular formula is C22H23N3O2S2. The maximum absolute atomic E-state index is 13.3. The Morgan fingerprint density at radius 2 is 1.93 bits per heavy atom. The quantitative estimate of drug-likeness (QED) is 0.658. The third-order valence-corrected chi connectivity index (χ3v) is 7.36. The molecule has 0 saturated carbocycles. The van der Waals surface area contributed by atoms with E-state index in [4.69, 9.17) is 4.99 Å². The molecule has 0 aromatic heterocycles. The van der Waals surface area contributed by atoms with E-state index in [0.29, 0.717) is 11.7 Å². The second kappa shape index (κ2) is 8.16. The number of hydrogen-bond acceptors (Lipinski definition) is 6. The first kappa shape index (κ1) is 19.9. The molecule has 0 bridgehead atoms. The van der Waals surface area contributed by atoms with Crippen LogP contribution in [0.3, 0.4) is 0 Å². The van der Waals surface area contributed by atoms with Gasteiger partial charge in [0.25, 0.3) is 5.91 Å². The second-order valence-corrected chi connectivity index (χ2v) is 9.05. The molecule has 1 saturated heterocycles. The number of carbonyl (C=O) groups is 1. The van der Waals surface area contributed by atoms with E-state index in [9.17, 15) is 9.90 Å². The van der Waals surface area contributed by atoms with Crippen LogP contribution in [-0.4, -0.2) is 34.7 Å². The van der Waals surface area contributed by atoms with E-state index in [2.05, 4.69) is 24.0 Å². The summed E-state index contributed by atoms with van der Waals surface area (Å²) in [6.45, 7) is 4.68. The van der Waals surface area contributed by atoms with E-state index in [1.54, 1.807) is 34.9 Å². The van der Waals surface area contributed by atoms with Crippen LogP contribution in [0.25, 0.3) is 0 Å². The van der Waals surface area contributed by atoms with Crippen molar-refractivity contribution in [2.75, 3.05) is 18.5 Å². The van der Waals surface area contributed by atoms with Crippen LogP contribution >= 0.6 is 23.5 Å². The number of phenolic OH excluding ortho intramolecular Hbond substituents is 1. The lowest BCUT2D eigenvalue weighted by Crippen LogP contribution is -2.30. The molecule has 150 valence electrons. The van der Waals surface area contributed by atoms with Crippen molar-refractivity contribution in [1.29, 1.82) is 0 Å². The SMILES string of the molecule is CCCCN1C(=O)/C(=C2/Sc3ccccc3N2C)SC1=Nc1ccc(O)cc1C. The van der Waals surface area contributed by atoms with Crippen LogP contribution in [0.15, 0.2) is 62.3 Å². The summed E-state index contributed by atoms with van der Waals surface area (Å²) in [5, 5.41) is 11.3. The number of fused-ring (bicyclic) bond motifs is 1. The minimum Gasteiger partial charge on any atom is -0.508 e. The molecule has 2 aliphatic heterocycles. The summed E-state index contributed by atoms with van der Waals surface area (Å²) >= 11 is 3.07. The Morgan fingerprint density at radius 3 is 2.66 bits per heavy atom. The van der Waals surface area contributed by atoms with Crippen LogP contribution in [0.1, 0.15) is 25.3 Å². The van der Waals surface area contributed by atoms with Gasteiger partial charge in [0.05, 0.1) is 16.4 Å². The van der Waals surface area contributed by atoms with Gasteiger partial charge in [-0.15, -0.1) is 0 Å². The van der Waals surface area contributed by atoms with Crippen molar-refractivity contribution in [1.82, 2.24) is 4.90 Å². The molecule has 0 radical (unpaired) electrons. The molecule has 5 nitrogen and oxygen atoms in total. The maximum atomic E-state index is 13.3. The molecule has 2 aromatic rings. The molecule has 2 aromatic carbocycles. The first-order valence-electron chi connectivity index (χ1n) is 9.62. The number of phenols is 1. The summed E-state index contributed by atoms with van der Waals surface area (Å²) in [6.07, 6.45) is 1.93. The number of aryl methyl sites for hydroxylation is 1. The summed E-state index contributed by atoms with van der Waals surface area (Å²) in [5.74, 6) is 0.231. The van der Waals surface area contributed by atoms with E-state index in [-0.39, 0.29) is 11.7 Å². The fraction of sp³-hybridized carbons (Fsp3) is 0.273. The molecule has 2 heterocycles. The van der Waals surface area contributed by atoms with E-state index < -0.39 is 0 Å². The van der Waals surface area contributed by atoms with Gasteiger partial charge in [-0.05, 0) is 61.0 Å². The monoisotopic (exact) mass is 425 g/mol. The molecule has 4 rings (SSSR count). The average molecular weight is 426 g/mol. The normalized spacial score (nSPS) is 20.1. The van der Waals surface area contributed by atoms with Crippen LogP contribution in [0, 0.1) is 6.92 Å². The first-order chi connectivity index (χ1) is 14.0. The predicted octanol–water partition coefficient (Wildman–Crippen LogP) is 5.47. The van der Waals surface area contributed by atoms with Gasteiger partial charge in [-0.25, -0.2) is 4.99 Å². The number of aliphatic imine (C=N–C) groups is 1. The molecule has 7 heteroatoms. The fourth-order valence-corrected chi connectivity index (χ4v) is 5.66. The number of thioether (sulfide) groups is 2. The molecule has 2 aliphatic rings. The van der Waals surface area contributed by atoms with Gasteiger partial charge >= 0.3 is 0 Å². The number of hydrogen-bond donors (Lipinski definition) is 1. The van der Waals surface area contributed by atoms with Gasteiger partial charge in [-0.3, -0.25) is 9.69 Å². The summed E-state index contributed by atoms with van der Waals surface area (Å²) in [4.78, 5) is 23.9. The molecule has 29 heavy (non-hydrogen) atoms. The highest BCUT2D eigenvalue weighted by Crippen LogP contribution is 2.50. The van der Waals surface area contributed by atoms with E-state index >= 15 is 0 Å². The Bertz CT molecular complexity index is 1030. The lowest BCUT2D eigenvalue weighted by molar-refractivity contribution is -0.122. The number of aromatic hydroxyl groups is 1. The van der Waals surface area contributed by atoms with Gasteiger partial charge in [0.1, 0.15) is 10.7 Å². The number of para-hydroxylation sites is 1. The fourth-order valence-electron chi connectivity index (χ4n) is 3.30. The molecule has 1 fully saturated rings. The van der Waals surface area contributed by atoms with E-state index in [1.165, 1.54) is 11.8 Å². The lowest BCUT2D eigenvalue weighted by Gasteiger charge is -2.16. The molecule has 0 aliphatic carbocycles. The Balaban J connectivity index is 1.73. The zero-order valence-electron chi connectivity index (χ0n) is 16.7. The van der Waals surface area contributed by atoms with Crippen molar-refractivity contribution in [2.24, 2.45) is 4.99 Å². The van der Waals surface area contributed by atoms with Crippen molar-refractivity contribution in [2.45, 2.75) is 31.6 Å². The number of anilines is 1. The van der Waals surface area contributed by atoms with Gasteiger partial charge in [0, 0.05) is 18.5 Å². The highest BCUT2D eigenvalue weighted by Gasteiger charge is 2.38. The van der Waals surface area contributed by atoms with Crippen LogP contribution < -0.4 is 4.90 Å². The number of rotatable bonds is 4. The van der Waals surface area contributed by atoms with E-state index in [1.807, 2.05) is 26.1 Å². The Kier molecular flexibility index (Phi) is 5.61. The van der Waals surface area contributed by atoms with Crippen molar-refractivity contribution < 1.29 is 9.90 Å². The standard InChI is InChI=1S/C22H23N3O2S2/c1-4-5-12-25-20(27)19(21-24(3)17-8-6-7-9-18(17)28-21)29-22(25)23-16-11-10-15(26)13-14(16)2/h6-11,13,26H,4-5,12H2,1-3H3/b21-19-,23-22?. The molecule has 0 atom stereocenters. The Hall–Kier alpha value is -2.38. The van der Waals surface area contributed by atoms with Gasteiger partial charge in [0.15, 0.2) is 5.17 Å². The zero-order chi connectivity index (χ0) is 20.5. The third-order valence-electron chi connectivity index (χ3n) is 4.93. The van der Waals surface area contributed by atoms with Crippen molar-refractivity contribution in [3.8, 4) is 5.75 Å². The van der Waals surface area contributed by atoms with Gasteiger partial charge < -0.3 is 10.0 Å². The molecule has 0 spiro atoms. The second-order valence-electron chi connectivity index (χ2n) is 7.04. The number of unbranched alkanes of at least 4 members (excludes halogenated alkanes) is 1. The number of benzene rings is 2. The van der Waals surface area contributed by atoms with Crippen LogP contribution in [0.4, 0.5) is 11.4 Å². The smallest absolute Gasteiger partial charge is 0.269 e. The van der Waals surface area contributed by atoms with Crippen LogP contribution in [0.5, 0.6) is 5.75 Å². The largest absolute Gasteiger partial charge is 0.508 e. The Labute approximate surface area is 179 Å². The lowest BCUT2D eigenvalue weighted by atomic mass is 10.2. The van der Waals surface area contributed by atoms with Gasteiger partial charge in [-0.1, -0.05) is 37.2 Å². The van der Waals surface area contributed by atoms with Crippen molar-refractivity contribution in [3.05, 3.63) is 58.0 Å². The summed E-state index contributed by atoms with van der Waals surface area (Å²) in [5.41, 5.74) is 2.76. The number of carbonyl (C=O) groups excluding carboxylic acids is 1. The predicted molar refractivity (Wildman–Crippen MR) is 122 cm³/mol. The number of nitrogens with zero attached hydrogens (tertiary/aromatic N) is 3. The summed E-state index contributed by atoms with van der Waals surface area (Å²) < 4.78 is 0. The third kappa shape index (κ3) is 3.76. The first-order valence-corrected chi connectivity index (χ1v) is 11.3. The number of amides is 1. The average Bonchev–Trinajstić information content (AvgIpc) is 3.19. The summed E-state index contributed by atoms with van der Waals surface area (Å²) in [6, 6.07) is 13.3. The topological polar surface area (TPSA) is 56.1 Å². The van der Waals surface area contributed by atoms with Crippen molar-refractivity contribution in [3.63, 3.8) is 0 Å². The molecule has 1 N–H and O–H groups in total. The van der Waals surface area contributed by atoms with Crippen LogP contribution in [-0.2, 0) is 4.79 Å². The highest BCUT2D eigenvalue weighted by molar-refractivity contribution is 8.19. The minimum absolute atomic E-state index is 0.0146. The maximum Gasteiger partial charge on any atom is 0.269 e. The number of amidine groups is 1. The van der Waals surface area contributed by atoms with Crippen LogP contribution in [0.2, 0.25) is 0 Å². The zero-order valence-corrected chi connectivity index (χ0v) is 18.3. The molecule has 0 unspecified atom stereocenters. The van der Waals surface area contributed by atoms with Crippen molar-refractivity contribution >= 4 is 46.0 Å². The molecular weight excluding hydrogens is 402 g/mol. The minimum atomic E-state index is 0.0146.